The molecule has 0 saturated carbocycles. The van der Waals surface area contributed by atoms with E-state index in [4.69, 9.17) is 4.74 Å². The predicted octanol–water partition coefficient (Wildman–Crippen LogP) is 7.90. The first-order valence-corrected chi connectivity index (χ1v) is 17.1. The fraction of sp³-hybridized carbons (Fsp3) is 0.316. The molecule has 0 aliphatic carbocycles. The maximum atomic E-state index is 13.3. The highest BCUT2D eigenvalue weighted by Gasteiger charge is 2.30. The van der Waals surface area contributed by atoms with Gasteiger partial charge in [0.25, 0.3) is 5.91 Å². The lowest BCUT2D eigenvalue weighted by molar-refractivity contribution is -0.136. The van der Waals surface area contributed by atoms with Gasteiger partial charge in [-0.3, -0.25) is 14.5 Å². The minimum atomic E-state index is -0.852. The van der Waals surface area contributed by atoms with Crippen LogP contribution in [0.25, 0.3) is 22.3 Å². The highest BCUT2D eigenvalue weighted by atomic mass is 32.2. The van der Waals surface area contributed by atoms with E-state index in [1.165, 1.54) is 12.8 Å². The van der Waals surface area contributed by atoms with Gasteiger partial charge in [-0.25, -0.2) is 0 Å². The fourth-order valence-corrected chi connectivity index (χ4v) is 7.47. The first-order chi connectivity index (χ1) is 22.2. The molecule has 2 aliphatic heterocycles. The lowest BCUT2D eigenvalue weighted by atomic mass is 9.81. The van der Waals surface area contributed by atoms with Crippen molar-refractivity contribution in [1.29, 1.82) is 0 Å². The van der Waals surface area contributed by atoms with E-state index in [-0.39, 0.29) is 12.3 Å². The Balaban J connectivity index is 1.31. The Morgan fingerprint density at radius 3 is 2.30 bits per heavy atom. The maximum Gasteiger partial charge on any atom is 0.307 e. The molecule has 1 saturated heterocycles. The Labute approximate surface area is 275 Å². The van der Waals surface area contributed by atoms with Gasteiger partial charge in [0.05, 0.1) is 18.7 Å². The number of carbonyl (C=O) groups is 2. The van der Waals surface area contributed by atoms with E-state index in [9.17, 15) is 14.7 Å². The van der Waals surface area contributed by atoms with E-state index < -0.39 is 5.97 Å². The summed E-state index contributed by atoms with van der Waals surface area (Å²) < 4.78 is 8.17. The van der Waals surface area contributed by atoms with Crippen molar-refractivity contribution in [3.05, 3.63) is 100 Å². The number of carboxylic acids is 1. The zero-order valence-electron chi connectivity index (χ0n) is 27.0. The number of anilines is 2. The summed E-state index contributed by atoms with van der Waals surface area (Å²) in [5.74, 6) is -0.276. The van der Waals surface area contributed by atoms with Crippen molar-refractivity contribution < 1.29 is 19.4 Å². The van der Waals surface area contributed by atoms with E-state index >= 15 is 0 Å². The van der Waals surface area contributed by atoms with Gasteiger partial charge in [0, 0.05) is 29.6 Å². The zero-order chi connectivity index (χ0) is 32.4. The number of nitrogens with zero attached hydrogens (tertiary/aromatic N) is 2. The number of ether oxygens (including phenoxy) is 1. The average molecular weight is 636 g/mol. The molecule has 4 aromatic carbocycles. The number of benzene rings is 4. The van der Waals surface area contributed by atoms with Crippen LogP contribution in [0.4, 0.5) is 11.4 Å². The number of fused-ring (bicyclic) bond motifs is 3. The molecule has 4 aromatic rings. The highest BCUT2D eigenvalue weighted by Crippen LogP contribution is 2.50. The van der Waals surface area contributed by atoms with Crippen molar-refractivity contribution in [3.63, 3.8) is 0 Å². The second kappa shape index (κ2) is 13.6. The van der Waals surface area contributed by atoms with Crippen molar-refractivity contribution >= 4 is 35.2 Å². The molecule has 0 atom stereocenters. The molecule has 0 unspecified atom stereocenters. The largest absolute Gasteiger partial charge is 0.492 e. The third kappa shape index (κ3) is 6.50. The van der Waals surface area contributed by atoms with Crippen molar-refractivity contribution in [2.24, 2.45) is 0 Å². The van der Waals surface area contributed by atoms with Crippen LogP contribution < -0.4 is 14.4 Å². The van der Waals surface area contributed by atoms with E-state index in [1.807, 2.05) is 38.3 Å². The standard InChI is InChI=1S/C38H41N3O4S/c1-24-7-9-27(10-8-24)35-26(3)36-33-21-30(14-11-29(33)23-41(46-4)37(36)25(2)32(35)22-34(42)43)39-38(44)28-12-15-31(16-13-28)45-20-19-40-17-5-6-18-40/h7-16,21H,5-6,17-20,22-23H2,1-4H3,(H,39,44)(H,42,43). The molecule has 0 spiro atoms. The van der Waals surface area contributed by atoms with Crippen LogP contribution >= 0.6 is 11.9 Å². The Bertz CT molecular complexity index is 1760. The SMILES string of the molecule is CSN1Cc2ccc(NC(=O)c3ccc(OCCN4CCCC4)cc3)cc2-c2c(C)c(-c3ccc(C)cc3)c(CC(=O)O)c(C)c21. The summed E-state index contributed by atoms with van der Waals surface area (Å²) in [4.78, 5) is 27.8. The van der Waals surface area contributed by atoms with Crippen molar-refractivity contribution in [1.82, 2.24) is 4.90 Å². The smallest absolute Gasteiger partial charge is 0.307 e. The first-order valence-electron chi connectivity index (χ1n) is 15.9. The number of aliphatic carboxylic acids is 1. The summed E-state index contributed by atoms with van der Waals surface area (Å²) in [5, 5.41) is 13.0. The quantitative estimate of drug-likeness (QED) is 0.172. The molecule has 0 bridgehead atoms. The van der Waals surface area contributed by atoms with Gasteiger partial charge >= 0.3 is 5.97 Å². The van der Waals surface area contributed by atoms with Crippen LogP contribution in [0, 0.1) is 20.8 Å². The Morgan fingerprint density at radius 2 is 1.63 bits per heavy atom. The number of likely N-dealkylation sites (tertiary alicyclic amines) is 1. The summed E-state index contributed by atoms with van der Waals surface area (Å²) >= 11 is 1.63. The fourth-order valence-electron chi connectivity index (χ4n) is 6.79. The third-order valence-corrected chi connectivity index (χ3v) is 9.93. The van der Waals surface area contributed by atoms with Crippen LogP contribution in [0.3, 0.4) is 0 Å². The van der Waals surface area contributed by atoms with Crippen molar-refractivity contribution in [2.75, 3.05) is 42.1 Å². The summed E-state index contributed by atoms with van der Waals surface area (Å²) in [6, 6.07) is 21.7. The number of carboxylic acid groups (broad SMARTS) is 1. The summed E-state index contributed by atoms with van der Waals surface area (Å²) in [6.45, 7) is 10.7. The molecule has 0 aromatic heterocycles. The Kier molecular flexibility index (Phi) is 9.38. The van der Waals surface area contributed by atoms with Gasteiger partial charge in [0.1, 0.15) is 12.4 Å². The van der Waals surface area contributed by atoms with Gasteiger partial charge in [-0.2, -0.15) is 0 Å². The molecule has 8 heteroatoms. The second-order valence-corrected chi connectivity index (χ2v) is 13.0. The van der Waals surface area contributed by atoms with Gasteiger partial charge in [-0.05, 0) is 122 Å². The molecule has 1 fully saturated rings. The van der Waals surface area contributed by atoms with Gasteiger partial charge in [0.2, 0.25) is 0 Å². The van der Waals surface area contributed by atoms with Crippen LogP contribution in [-0.2, 0) is 17.8 Å². The van der Waals surface area contributed by atoms with Gasteiger partial charge < -0.3 is 19.5 Å². The maximum absolute atomic E-state index is 13.3. The van der Waals surface area contributed by atoms with Crippen molar-refractivity contribution in [2.45, 2.75) is 46.6 Å². The van der Waals surface area contributed by atoms with Crippen LogP contribution in [0.2, 0.25) is 0 Å². The molecule has 46 heavy (non-hydrogen) atoms. The summed E-state index contributed by atoms with van der Waals surface area (Å²) in [7, 11) is 0. The Hall–Kier alpha value is -4.27. The van der Waals surface area contributed by atoms with Crippen LogP contribution in [-0.4, -0.2) is 54.4 Å². The number of carbonyl (C=O) groups excluding carboxylic acids is 1. The van der Waals surface area contributed by atoms with E-state index in [1.54, 1.807) is 24.1 Å². The van der Waals surface area contributed by atoms with Crippen LogP contribution in [0.15, 0.2) is 66.7 Å². The second-order valence-electron chi connectivity index (χ2n) is 12.2. The van der Waals surface area contributed by atoms with E-state index in [0.29, 0.717) is 24.4 Å². The Morgan fingerprint density at radius 1 is 0.913 bits per heavy atom. The normalized spacial score (nSPS) is 14.1. The number of amides is 1. The molecule has 2 heterocycles. The number of aryl methyl sites for hydroxylation is 1. The van der Waals surface area contributed by atoms with Crippen LogP contribution in [0.5, 0.6) is 5.75 Å². The van der Waals surface area contributed by atoms with E-state index in [2.05, 4.69) is 57.8 Å². The molecule has 0 radical (unpaired) electrons. The van der Waals surface area contributed by atoms with Gasteiger partial charge in [-0.15, -0.1) is 0 Å². The number of hydrogen-bond donors (Lipinski definition) is 2. The minimum absolute atomic E-state index is 0.0589. The van der Waals surface area contributed by atoms with Gasteiger partial charge in [-0.1, -0.05) is 47.8 Å². The molecular weight excluding hydrogens is 595 g/mol. The lowest BCUT2D eigenvalue weighted by Gasteiger charge is -2.36. The molecule has 2 N–H and O–H groups in total. The molecule has 7 nitrogen and oxygen atoms in total. The monoisotopic (exact) mass is 635 g/mol. The molecule has 2 aliphatic rings. The van der Waals surface area contributed by atoms with E-state index in [0.717, 1.165) is 81.1 Å². The lowest BCUT2D eigenvalue weighted by Crippen LogP contribution is -2.25. The number of hydrogen-bond acceptors (Lipinski definition) is 6. The summed E-state index contributed by atoms with van der Waals surface area (Å²) in [6.07, 6.45) is 4.51. The minimum Gasteiger partial charge on any atom is -0.492 e. The molecule has 238 valence electrons. The molecular formula is C38H41N3O4S. The number of rotatable bonds is 10. The van der Waals surface area contributed by atoms with Crippen molar-refractivity contribution in [3.8, 4) is 28.0 Å². The average Bonchev–Trinajstić information content (AvgIpc) is 3.57. The van der Waals surface area contributed by atoms with Crippen LogP contribution in [0.1, 0.15) is 51.0 Å². The first kappa shape index (κ1) is 31.7. The van der Waals surface area contributed by atoms with Gasteiger partial charge in [0.15, 0.2) is 0 Å². The number of nitrogens with one attached hydrogen (secondary N) is 1. The predicted molar refractivity (Wildman–Crippen MR) is 188 cm³/mol. The zero-order valence-corrected chi connectivity index (χ0v) is 27.8. The third-order valence-electron chi connectivity index (χ3n) is 9.18. The topological polar surface area (TPSA) is 82.1 Å². The molecule has 6 rings (SSSR count). The summed E-state index contributed by atoms with van der Waals surface area (Å²) in [5.41, 5.74) is 11.5. The highest BCUT2D eigenvalue weighted by molar-refractivity contribution is 7.99. The molecule has 1 amide bonds.